The highest BCUT2D eigenvalue weighted by Gasteiger charge is 2.17. The molecule has 0 saturated heterocycles. The number of nitrogens with zero attached hydrogens (tertiary/aromatic N) is 1. The molecule has 0 aliphatic carbocycles. The lowest BCUT2D eigenvalue weighted by Crippen LogP contribution is -1.98. The van der Waals surface area contributed by atoms with E-state index < -0.39 is 4.92 Å². The van der Waals surface area contributed by atoms with E-state index in [4.69, 9.17) is 10.5 Å². The predicted octanol–water partition coefficient (Wildman–Crippen LogP) is 3.62. The molecule has 0 heterocycles. The number of nitro groups is 1. The van der Waals surface area contributed by atoms with Gasteiger partial charge in [-0.15, -0.1) is 0 Å². The Balaban J connectivity index is 2.57. The van der Waals surface area contributed by atoms with Gasteiger partial charge in [-0.3, -0.25) is 10.1 Å². The van der Waals surface area contributed by atoms with E-state index in [0.717, 1.165) is 5.56 Å². The molecule has 6 heteroatoms. The first-order valence-electron chi connectivity index (χ1n) is 5.40. The van der Waals surface area contributed by atoms with Crippen molar-refractivity contribution in [1.82, 2.24) is 0 Å². The summed E-state index contributed by atoms with van der Waals surface area (Å²) < 4.78 is 5.68. The number of nitro benzene ring substituents is 1. The maximum atomic E-state index is 10.9. The van der Waals surface area contributed by atoms with Crippen molar-refractivity contribution in [3.05, 3.63) is 51.0 Å². The summed E-state index contributed by atoms with van der Waals surface area (Å²) in [6.45, 7) is 0. The molecule has 0 spiro atoms. The lowest BCUT2D eigenvalue weighted by molar-refractivity contribution is -0.383. The van der Waals surface area contributed by atoms with Crippen LogP contribution in [0.4, 0.5) is 11.4 Å². The Labute approximate surface area is 118 Å². The van der Waals surface area contributed by atoms with Crippen LogP contribution in [0.15, 0.2) is 40.9 Å². The first kappa shape index (κ1) is 13.4. The molecule has 2 aromatic rings. The van der Waals surface area contributed by atoms with E-state index in [9.17, 15) is 10.1 Å². The Hall–Kier alpha value is -2.08. The van der Waals surface area contributed by atoms with Crippen molar-refractivity contribution in [2.75, 3.05) is 12.8 Å². The number of nitrogen functional groups attached to an aromatic ring is 1. The molecule has 2 N–H and O–H groups in total. The van der Waals surface area contributed by atoms with Crippen LogP contribution in [0.5, 0.6) is 5.75 Å². The van der Waals surface area contributed by atoms with Crippen LogP contribution in [-0.2, 0) is 0 Å². The molecule has 0 saturated carbocycles. The van der Waals surface area contributed by atoms with Crippen LogP contribution < -0.4 is 10.5 Å². The number of halogens is 1. The summed E-state index contributed by atoms with van der Waals surface area (Å²) in [6, 6.07) is 10.3. The number of ether oxygens (including phenoxy) is 1. The predicted molar refractivity (Wildman–Crippen MR) is 77.2 cm³/mol. The van der Waals surface area contributed by atoms with Crippen molar-refractivity contribution in [3.8, 4) is 16.9 Å². The van der Waals surface area contributed by atoms with Crippen LogP contribution in [0.3, 0.4) is 0 Å². The average Bonchev–Trinajstić information content (AvgIpc) is 2.41. The van der Waals surface area contributed by atoms with Gasteiger partial charge in [0.25, 0.3) is 5.69 Å². The number of rotatable bonds is 3. The Morgan fingerprint density at radius 2 is 1.89 bits per heavy atom. The Bertz CT molecular complexity index is 627. The van der Waals surface area contributed by atoms with Crippen molar-refractivity contribution in [2.24, 2.45) is 0 Å². The summed E-state index contributed by atoms with van der Waals surface area (Å²) in [7, 11) is 1.58. The number of hydrogen-bond donors (Lipinski definition) is 1. The van der Waals surface area contributed by atoms with Crippen molar-refractivity contribution < 1.29 is 9.66 Å². The van der Waals surface area contributed by atoms with Gasteiger partial charge in [-0.05, 0) is 23.8 Å². The minimum atomic E-state index is -0.493. The first-order valence-corrected chi connectivity index (χ1v) is 6.20. The third-order valence-corrected chi connectivity index (χ3v) is 3.18. The van der Waals surface area contributed by atoms with Gasteiger partial charge < -0.3 is 10.5 Å². The van der Waals surface area contributed by atoms with Crippen LogP contribution in [0.2, 0.25) is 0 Å². The molecule has 0 aliphatic rings. The number of nitrogens with two attached hydrogens (primary N) is 1. The number of benzene rings is 2. The summed E-state index contributed by atoms with van der Waals surface area (Å²) in [4.78, 5) is 10.4. The van der Waals surface area contributed by atoms with Gasteiger partial charge in [0.2, 0.25) is 0 Å². The summed E-state index contributed by atoms with van der Waals surface area (Å²) in [5.74, 6) is 0.715. The monoisotopic (exact) mass is 322 g/mol. The topological polar surface area (TPSA) is 78.4 Å². The molecule has 0 aliphatic heterocycles. The quantitative estimate of drug-likeness (QED) is 0.532. The maximum Gasteiger partial charge on any atom is 0.293 e. The van der Waals surface area contributed by atoms with Crippen molar-refractivity contribution >= 4 is 27.3 Å². The molecule has 2 rings (SSSR count). The van der Waals surface area contributed by atoms with Crippen molar-refractivity contribution in [2.45, 2.75) is 0 Å². The SMILES string of the molecule is COc1ccc(-c2cc(Br)cc([N+](=O)[O-])c2N)cc1. The molecule has 0 amide bonds. The molecular formula is C13H11BrN2O3. The molecule has 5 nitrogen and oxygen atoms in total. The molecule has 19 heavy (non-hydrogen) atoms. The standard InChI is InChI=1S/C13H11BrN2O3/c1-19-10-4-2-8(3-5-10)11-6-9(14)7-12(13(11)15)16(17)18/h2-7H,15H2,1H3. The van der Waals surface area contributed by atoms with Gasteiger partial charge in [-0.1, -0.05) is 28.1 Å². The van der Waals surface area contributed by atoms with Crippen molar-refractivity contribution in [3.63, 3.8) is 0 Å². The summed E-state index contributed by atoms with van der Waals surface area (Å²) in [5, 5.41) is 10.9. The molecule has 0 aromatic heterocycles. The summed E-state index contributed by atoms with van der Waals surface area (Å²) in [6.07, 6.45) is 0. The highest BCUT2D eigenvalue weighted by molar-refractivity contribution is 9.10. The van der Waals surface area contributed by atoms with Crippen LogP contribution >= 0.6 is 15.9 Å². The fraction of sp³-hybridized carbons (Fsp3) is 0.0769. The molecule has 0 atom stereocenters. The number of methoxy groups -OCH3 is 1. The second kappa shape index (κ2) is 5.27. The normalized spacial score (nSPS) is 10.2. The van der Waals surface area contributed by atoms with Gasteiger partial charge in [0, 0.05) is 16.1 Å². The minimum absolute atomic E-state index is 0.111. The average molecular weight is 323 g/mol. The maximum absolute atomic E-state index is 10.9. The van der Waals surface area contributed by atoms with E-state index in [0.29, 0.717) is 15.8 Å². The highest BCUT2D eigenvalue weighted by Crippen LogP contribution is 2.36. The fourth-order valence-electron chi connectivity index (χ4n) is 1.76. The van der Waals surface area contributed by atoms with E-state index in [1.54, 1.807) is 37.4 Å². The van der Waals surface area contributed by atoms with E-state index in [1.165, 1.54) is 6.07 Å². The largest absolute Gasteiger partial charge is 0.497 e. The van der Waals surface area contributed by atoms with Gasteiger partial charge in [-0.2, -0.15) is 0 Å². The number of hydrogen-bond acceptors (Lipinski definition) is 4. The van der Waals surface area contributed by atoms with Crippen LogP contribution in [-0.4, -0.2) is 12.0 Å². The highest BCUT2D eigenvalue weighted by atomic mass is 79.9. The lowest BCUT2D eigenvalue weighted by Gasteiger charge is -2.08. The second-order valence-corrected chi connectivity index (χ2v) is 4.79. The minimum Gasteiger partial charge on any atom is -0.497 e. The molecule has 0 unspecified atom stereocenters. The smallest absolute Gasteiger partial charge is 0.293 e. The molecule has 0 radical (unpaired) electrons. The van der Waals surface area contributed by atoms with Gasteiger partial charge >= 0.3 is 0 Å². The zero-order chi connectivity index (χ0) is 14.0. The third-order valence-electron chi connectivity index (χ3n) is 2.72. The van der Waals surface area contributed by atoms with Gasteiger partial charge in [0.15, 0.2) is 0 Å². The van der Waals surface area contributed by atoms with Gasteiger partial charge in [-0.25, -0.2) is 0 Å². The summed E-state index contributed by atoms with van der Waals surface area (Å²) in [5.41, 5.74) is 7.31. The Kier molecular flexibility index (Phi) is 3.71. The molecule has 0 fully saturated rings. The second-order valence-electron chi connectivity index (χ2n) is 3.87. The molecule has 2 aromatic carbocycles. The van der Waals surface area contributed by atoms with E-state index in [-0.39, 0.29) is 11.4 Å². The molecular weight excluding hydrogens is 312 g/mol. The van der Waals surface area contributed by atoms with Crippen LogP contribution in [0.25, 0.3) is 11.1 Å². The van der Waals surface area contributed by atoms with Gasteiger partial charge in [0.1, 0.15) is 11.4 Å². The Morgan fingerprint density at radius 3 is 2.42 bits per heavy atom. The fourth-order valence-corrected chi connectivity index (χ4v) is 2.21. The Morgan fingerprint density at radius 1 is 1.26 bits per heavy atom. The zero-order valence-electron chi connectivity index (χ0n) is 10.1. The molecule has 0 bridgehead atoms. The van der Waals surface area contributed by atoms with Gasteiger partial charge in [0.05, 0.1) is 12.0 Å². The van der Waals surface area contributed by atoms with E-state index in [1.807, 2.05) is 0 Å². The van der Waals surface area contributed by atoms with E-state index in [2.05, 4.69) is 15.9 Å². The number of anilines is 1. The lowest BCUT2D eigenvalue weighted by atomic mass is 10.0. The third kappa shape index (κ3) is 2.68. The molecule has 98 valence electrons. The first-order chi connectivity index (χ1) is 9.02. The van der Waals surface area contributed by atoms with Crippen molar-refractivity contribution in [1.29, 1.82) is 0 Å². The zero-order valence-corrected chi connectivity index (χ0v) is 11.7. The van der Waals surface area contributed by atoms with Crippen LogP contribution in [0, 0.1) is 10.1 Å². The summed E-state index contributed by atoms with van der Waals surface area (Å²) >= 11 is 3.26. The van der Waals surface area contributed by atoms with Crippen LogP contribution in [0.1, 0.15) is 0 Å². The van der Waals surface area contributed by atoms with E-state index >= 15 is 0 Å².